The van der Waals surface area contributed by atoms with E-state index >= 15 is 0 Å². The van der Waals surface area contributed by atoms with Crippen LogP contribution in [0.4, 0.5) is 11.4 Å². The number of aryl methyl sites for hydroxylation is 1. The van der Waals surface area contributed by atoms with E-state index in [-0.39, 0.29) is 5.56 Å². The zero-order chi connectivity index (χ0) is 13.8. The topological polar surface area (TPSA) is 93.2 Å². The number of nitrogens with one attached hydrogen (secondary N) is 1. The number of rotatable bonds is 5. The number of nitrogen functional groups attached to an aromatic ring is 1. The first-order valence-corrected chi connectivity index (χ1v) is 5.91. The summed E-state index contributed by atoms with van der Waals surface area (Å²) in [5.74, 6) is -0.0494. The fourth-order valence-corrected chi connectivity index (χ4v) is 1.84. The van der Waals surface area contributed by atoms with Gasteiger partial charge in [0.15, 0.2) is 0 Å². The molecule has 19 heavy (non-hydrogen) atoms. The van der Waals surface area contributed by atoms with Gasteiger partial charge in [0.1, 0.15) is 5.82 Å². The number of nitrogens with zero attached hydrogens (tertiary/aromatic N) is 2. The quantitative estimate of drug-likeness (QED) is 0.706. The van der Waals surface area contributed by atoms with Gasteiger partial charge >= 0.3 is 5.97 Å². The lowest BCUT2D eigenvalue weighted by molar-refractivity contribution is 0.0698. The van der Waals surface area contributed by atoms with Gasteiger partial charge in [-0.2, -0.15) is 0 Å². The minimum atomic E-state index is -0.994. The highest BCUT2D eigenvalue weighted by Gasteiger charge is 2.10. The number of aromatic nitrogens is 2. The minimum Gasteiger partial charge on any atom is -0.478 e. The fourth-order valence-electron chi connectivity index (χ4n) is 1.84. The van der Waals surface area contributed by atoms with E-state index in [2.05, 4.69) is 10.3 Å². The maximum absolute atomic E-state index is 11.1. The highest BCUT2D eigenvalue weighted by Crippen LogP contribution is 2.18. The van der Waals surface area contributed by atoms with Crippen LogP contribution in [0.25, 0.3) is 0 Å². The molecule has 100 valence electrons. The number of benzene rings is 1. The van der Waals surface area contributed by atoms with E-state index in [4.69, 9.17) is 10.8 Å². The van der Waals surface area contributed by atoms with Gasteiger partial charge in [0.25, 0.3) is 0 Å². The third-order valence-electron chi connectivity index (χ3n) is 2.86. The first kappa shape index (κ1) is 12.9. The van der Waals surface area contributed by atoms with Crippen molar-refractivity contribution in [3.05, 3.63) is 42.0 Å². The van der Waals surface area contributed by atoms with Gasteiger partial charge in [0.2, 0.25) is 0 Å². The molecule has 4 N–H and O–H groups in total. The first-order chi connectivity index (χ1) is 9.08. The smallest absolute Gasteiger partial charge is 0.337 e. The number of anilines is 2. The Kier molecular flexibility index (Phi) is 3.70. The Balaban J connectivity index is 2.03. The number of carbonyl (C=O) groups is 1. The number of carboxylic acid groups (broad SMARTS) is 1. The van der Waals surface area contributed by atoms with Crippen LogP contribution in [0.1, 0.15) is 16.2 Å². The van der Waals surface area contributed by atoms with Crippen molar-refractivity contribution >= 4 is 17.3 Å². The Bertz CT molecular complexity index is 592. The van der Waals surface area contributed by atoms with E-state index < -0.39 is 5.97 Å². The predicted molar refractivity (Wildman–Crippen MR) is 73.2 cm³/mol. The van der Waals surface area contributed by atoms with Crippen molar-refractivity contribution in [3.8, 4) is 0 Å². The van der Waals surface area contributed by atoms with Crippen molar-refractivity contribution in [1.29, 1.82) is 0 Å². The first-order valence-electron chi connectivity index (χ1n) is 5.91. The van der Waals surface area contributed by atoms with Gasteiger partial charge in [-0.25, -0.2) is 9.78 Å². The van der Waals surface area contributed by atoms with Crippen molar-refractivity contribution in [1.82, 2.24) is 9.55 Å². The maximum atomic E-state index is 11.1. The molecule has 0 bridgehead atoms. The predicted octanol–water partition coefficient (Wildman–Crippen LogP) is 1.36. The standard InChI is InChI=1S/C13H16N4O2/c1-17-7-6-16-12(17)4-5-15-11-3-2-9(14)8-10(11)13(18)19/h2-3,6-8,15H,4-5,14H2,1H3,(H,18,19). The Morgan fingerprint density at radius 3 is 2.95 bits per heavy atom. The molecule has 0 spiro atoms. The molecule has 0 saturated carbocycles. The van der Waals surface area contributed by atoms with Crippen molar-refractivity contribution in [2.75, 3.05) is 17.6 Å². The monoisotopic (exact) mass is 260 g/mol. The number of nitrogens with two attached hydrogens (primary N) is 1. The molecule has 6 nitrogen and oxygen atoms in total. The SMILES string of the molecule is Cn1ccnc1CCNc1ccc(N)cc1C(=O)O. The number of hydrogen-bond acceptors (Lipinski definition) is 4. The van der Waals surface area contributed by atoms with Crippen LogP contribution >= 0.6 is 0 Å². The minimum absolute atomic E-state index is 0.180. The van der Waals surface area contributed by atoms with Crippen molar-refractivity contribution in [2.24, 2.45) is 7.05 Å². The largest absolute Gasteiger partial charge is 0.478 e. The lowest BCUT2D eigenvalue weighted by Crippen LogP contribution is -2.11. The van der Waals surface area contributed by atoms with E-state index in [1.807, 2.05) is 17.8 Å². The number of carboxylic acids is 1. The van der Waals surface area contributed by atoms with Crippen LogP contribution in [0.15, 0.2) is 30.6 Å². The van der Waals surface area contributed by atoms with Gasteiger partial charge in [0, 0.05) is 43.8 Å². The van der Waals surface area contributed by atoms with Gasteiger partial charge in [-0.05, 0) is 18.2 Å². The molecule has 0 saturated heterocycles. The third-order valence-corrected chi connectivity index (χ3v) is 2.86. The lowest BCUT2D eigenvalue weighted by atomic mass is 10.1. The molecular weight excluding hydrogens is 244 g/mol. The molecular formula is C13H16N4O2. The highest BCUT2D eigenvalue weighted by molar-refractivity contribution is 5.95. The molecule has 0 aliphatic carbocycles. The molecule has 0 aliphatic rings. The van der Waals surface area contributed by atoms with E-state index in [1.54, 1.807) is 18.3 Å². The summed E-state index contributed by atoms with van der Waals surface area (Å²) in [5.41, 5.74) is 6.77. The Labute approximate surface area is 110 Å². The summed E-state index contributed by atoms with van der Waals surface area (Å²) in [6, 6.07) is 4.80. The molecule has 0 radical (unpaired) electrons. The summed E-state index contributed by atoms with van der Waals surface area (Å²) in [6.45, 7) is 0.606. The molecule has 1 heterocycles. The van der Waals surface area contributed by atoms with Crippen LogP contribution in [-0.2, 0) is 13.5 Å². The second-order valence-electron chi connectivity index (χ2n) is 4.24. The summed E-state index contributed by atoms with van der Waals surface area (Å²) in [5, 5.41) is 12.2. The number of hydrogen-bond donors (Lipinski definition) is 3. The van der Waals surface area contributed by atoms with Crippen molar-refractivity contribution in [2.45, 2.75) is 6.42 Å². The van der Waals surface area contributed by atoms with Crippen molar-refractivity contribution in [3.63, 3.8) is 0 Å². The summed E-state index contributed by atoms with van der Waals surface area (Å²) in [6.07, 6.45) is 4.33. The molecule has 0 atom stereocenters. The second kappa shape index (κ2) is 5.43. The summed E-state index contributed by atoms with van der Waals surface area (Å²) in [7, 11) is 1.92. The Morgan fingerprint density at radius 1 is 1.53 bits per heavy atom. The Hall–Kier alpha value is -2.50. The number of aromatic carboxylic acids is 1. The van der Waals surface area contributed by atoms with E-state index in [0.717, 1.165) is 5.82 Å². The van der Waals surface area contributed by atoms with E-state index in [9.17, 15) is 4.79 Å². The maximum Gasteiger partial charge on any atom is 0.337 e. The van der Waals surface area contributed by atoms with Gasteiger partial charge in [-0.3, -0.25) is 0 Å². The summed E-state index contributed by atoms with van der Waals surface area (Å²) < 4.78 is 1.93. The van der Waals surface area contributed by atoms with Crippen LogP contribution < -0.4 is 11.1 Å². The molecule has 6 heteroatoms. The summed E-state index contributed by atoms with van der Waals surface area (Å²) in [4.78, 5) is 15.3. The summed E-state index contributed by atoms with van der Waals surface area (Å²) >= 11 is 0. The highest BCUT2D eigenvalue weighted by atomic mass is 16.4. The molecule has 0 unspecified atom stereocenters. The normalized spacial score (nSPS) is 10.4. The van der Waals surface area contributed by atoms with Gasteiger partial charge in [-0.15, -0.1) is 0 Å². The van der Waals surface area contributed by atoms with Crippen LogP contribution in [0, 0.1) is 0 Å². The van der Waals surface area contributed by atoms with Gasteiger partial charge < -0.3 is 20.7 Å². The average molecular weight is 260 g/mol. The Morgan fingerprint density at radius 2 is 2.32 bits per heavy atom. The molecule has 1 aromatic carbocycles. The van der Waals surface area contributed by atoms with Crippen LogP contribution in [0.3, 0.4) is 0 Å². The zero-order valence-corrected chi connectivity index (χ0v) is 10.6. The molecule has 2 rings (SSSR count). The number of imidazole rings is 1. The lowest BCUT2D eigenvalue weighted by Gasteiger charge is -2.10. The third kappa shape index (κ3) is 3.04. The van der Waals surface area contributed by atoms with Gasteiger partial charge in [-0.1, -0.05) is 0 Å². The zero-order valence-electron chi connectivity index (χ0n) is 10.6. The van der Waals surface area contributed by atoms with Crippen LogP contribution in [0.2, 0.25) is 0 Å². The van der Waals surface area contributed by atoms with E-state index in [1.165, 1.54) is 6.07 Å². The van der Waals surface area contributed by atoms with Crippen molar-refractivity contribution < 1.29 is 9.90 Å². The molecule has 1 aromatic heterocycles. The molecule has 0 amide bonds. The second-order valence-corrected chi connectivity index (χ2v) is 4.24. The fraction of sp³-hybridized carbons (Fsp3) is 0.231. The van der Waals surface area contributed by atoms with Gasteiger partial charge in [0.05, 0.1) is 5.56 Å². The van der Waals surface area contributed by atoms with Crippen LogP contribution in [0.5, 0.6) is 0 Å². The molecule has 0 aliphatic heterocycles. The van der Waals surface area contributed by atoms with Crippen LogP contribution in [-0.4, -0.2) is 27.2 Å². The average Bonchev–Trinajstić information content (AvgIpc) is 2.77. The molecule has 0 fully saturated rings. The molecule has 2 aromatic rings. The van der Waals surface area contributed by atoms with E-state index in [0.29, 0.717) is 24.3 Å².